The highest BCUT2D eigenvalue weighted by Crippen LogP contribution is 2.50. The summed E-state index contributed by atoms with van der Waals surface area (Å²) in [5.74, 6) is 1.50. The van der Waals surface area contributed by atoms with Crippen molar-refractivity contribution in [2.75, 3.05) is 0 Å². The summed E-state index contributed by atoms with van der Waals surface area (Å²) in [4.78, 5) is 18.2. The molecule has 0 saturated heterocycles. The maximum Gasteiger partial charge on any atom is 0.160 e. The number of amidine groups is 1. The molecule has 4 nitrogen and oxygen atoms in total. The fourth-order valence-electron chi connectivity index (χ4n) is 8.04. The second-order valence-corrected chi connectivity index (χ2v) is 16.4. The van der Waals surface area contributed by atoms with Gasteiger partial charge in [-0.3, -0.25) is 0 Å². The van der Waals surface area contributed by atoms with Crippen LogP contribution >= 0.6 is 11.8 Å². The third-order valence-electron chi connectivity index (χ3n) is 11.2. The summed E-state index contributed by atoms with van der Waals surface area (Å²) < 4.78 is 0. The summed E-state index contributed by atoms with van der Waals surface area (Å²) in [5.41, 5.74) is 13.9. The summed E-state index contributed by atoms with van der Waals surface area (Å²) >= 11 is 1.85. The molecule has 1 atom stereocenters. The number of rotatable bonds is 7. The van der Waals surface area contributed by atoms with Gasteiger partial charge in [0.05, 0.1) is 23.1 Å². The van der Waals surface area contributed by atoms with Crippen molar-refractivity contribution in [3.63, 3.8) is 0 Å². The first-order valence-corrected chi connectivity index (χ1v) is 20.5. The lowest BCUT2D eigenvalue weighted by molar-refractivity contribution is 0.607. The number of nitrogens with zero attached hydrogens (tertiary/aromatic N) is 3. The summed E-state index contributed by atoms with van der Waals surface area (Å²) in [6.07, 6.45) is 2.22. The Balaban J connectivity index is 1.01. The summed E-state index contributed by atoms with van der Waals surface area (Å²) in [7, 11) is 0. The third-order valence-corrected chi connectivity index (χ3v) is 12.4. The van der Waals surface area contributed by atoms with E-state index < -0.39 is 0 Å². The van der Waals surface area contributed by atoms with Gasteiger partial charge >= 0.3 is 0 Å². The average Bonchev–Trinajstić information content (AvgIpc) is 3.30. The topological polar surface area (TPSA) is 50.2 Å². The van der Waals surface area contributed by atoms with Crippen molar-refractivity contribution < 1.29 is 0 Å². The van der Waals surface area contributed by atoms with Gasteiger partial charge in [0.25, 0.3) is 0 Å². The number of fused-ring (bicyclic) bond motifs is 2. The molecule has 8 aromatic rings. The zero-order chi connectivity index (χ0) is 39.1. The minimum atomic E-state index is -0.143. The van der Waals surface area contributed by atoms with E-state index in [9.17, 15) is 0 Å². The van der Waals surface area contributed by atoms with Gasteiger partial charge in [-0.2, -0.15) is 0 Å². The average molecular weight is 765 g/mol. The van der Waals surface area contributed by atoms with E-state index in [2.05, 4.69) is 201 Å². The van der Waals surface area contributed by atoms with Crippen molar-refractivity contribution in [3.8, 4) is 45.0 Å². The van der Waals surface area contributed by atoms with Crippen LogP contribution < -0.4 is 5.32 Å². The van der Waals surface area contributed by atoms with Gasteiger partial charge in [0, 0.05) is 37.5 Å². The van der Waals surface area contributed by atoms with E-state index in [1.165, 1.54) is 37.6 Å². The van der Waals surface area contributed by atoms with Crippen molar-refractivity contribution in [3.05, 3.63) is 222 Å². The van der Waals surface area contributed by atoms with E-state index in [0.717, 1.165) is 50.7 Å². The SMILES string of the molecule is CC1(C)c2ccccc2Sc2ccc(-c3cc(-c4ccccc4)nc(-c4ccc(C5=NC(c6ccccc6)=CC(c6cccc(-c7ccccc7)c6)N5)cc4)n3)cc21. The van der Waals surface area contributed by atoms with Crippen LogP contribution in [0.2, 0.25) is 0 Å². The fraction of sp³-hybridized carbons (Fsp3) is 0.0755. The molecule has 1 aromatic heterocycles. The molecular weight excluding hydrogens is 725 g/mol. The van der Waals surface area contributed by atoms with Crippen molar-refractivity contribution in [2.45, 2.75) is 35.1 Å². The van der Waals surface area contributed by atoms with Crippen molar-refractivity contribution in [2.24, 2.45) is 4.99 Å². The highest BCUT2D eigenvalue weighted by molar-refractivity contribution is 7.99. The van der Waals surface area contributed by atoms with Crippen molar-refractivity contribution >= 4 is 23.3 Å². The van der Waals surface area contributed by atoms with Gasteiger partial charge in [0.1, 0.15) is 5.84 Å². The predicted molar refractivity (Wildman–Crippen MR) is 240 cm³/mol. The molecule has 278 valence electrons. The monoisotopic (exact) mass is 764 g/mol. The Kier molecular flexibility index (Phi) is 9.16. The van der Waals surface area contributed by atoms with E-state index in [1.54, 1.807) is 0 Å². The molecule has 10 rings (SSSR count). The first-order chi connectivity index (χ1) is 28.5. The molecule has 2 aliphatic heterocycles. The molecule has 0 fully saturated rings. The highest BCUT2D eigenvalue weighted by Gasteiger charge is 2.33. The lowest BCUT2D eigenvalue weighted by atomic mass is 9.77. The minimum Gasteiger partial charge on any atom is -0.359 e. The van der Waals surface area contributed by atoms with Gasteiger partial charge in [-0.15, -0.1) is 0 Å². The molecule has 0 amide bonds. The van der Waals surface area contributed by atoms with Crippen LogP contribution in [-0.2, 0) is 5.41 Å². The number of benzene rings is 7. The van der Waals surface area contributed by atoms with Crippen LogP contribution in [0, 0.1) is 0 Å². The Morgan fingerprint density at radius 1 is 0.466 bits per heavy atom. The molecule has 0 spiro atoms. The van der Waals surface area contributed by atoms with Crippen LogP contribution in [-0.4, -0.2) is 15.8 Å². The molecule has 2 aliphatic rings. The Hall–Kier alpha value is -6.82. The first-order valence-electron chi connectivity index (χ1n) is 19.7. The molecule has 0 bridgehead atoms. The van der Waals surface area contributed by atoms with Crippen LogP contribution in [0.5, 0.6) is 0 Å². The fourth-order valence-corrected chi connectivity index (χ4v) is 9.41. The van der Waals surface area contributed by atoms with E-state index in [1.807, 2.05) is 23.9 Å². The highest BCUT2D eigenvalue weighted by atomic mass is 32.2. The maximum atomic E-state index is 5.25. The van der Waals surface area contributed by atoms with Crippen LogP contribution in [0.4, 0.5) is 0 Å². The number of nitrogens with one attached hydrogen (secondary N) is 1. The molecular formula is C53H40N4S. The molecule has 7 aromatic carbocycles. The molecule has 0 saturated carbocycles. The summed E-state index contributed by atoms with van der Waals surface area (Å²) in [5, 5.41) is 3.76. The second kappa shape index (κ2) is 14.9. The predicted octanol–water partition coefficient (Wildman–Crippen LogP) is 13.1. The number of hydrogen-bond acceptors (Lipinski definition) is 5. The first kappa shape index (κ1) is 35.6. The molecule has 5 heteroatoms. The van der Waals surface area contributed by atoms with E-state index >= 15 is 0 Å². The molecule has 58 heavy (non-hydrogen) atoms. The third kappa shape index (κ3) is 6.84. The van der Waals surface area contributed by atoms with Gasteiger partial charge in [0.15, 0.2) is 5.82 Å². The Morgan fingerprint density at radius 3 is 1.79 bits per heavy atom. The largest absolute Gasteiger partial charge is 0.359 e. The Labute approximate surface area is 344 Å². The molecule has 0 radical (unpaired) electrons. The van der Waals surface area contributed by atoms with E-state index in [0.29, 0.717) is 5.82 Å². The van der Waals surface area contributed by atoms with Crippen molar-refractivity contribution in [1.29, 1.82) is 0 Å². The number of aliphatic imine (C=N–C) groups is 1. The van der Waals surface area contributed by atoms with Crippen molar-refractivity contribution in [1.82, 2.24) is 15.3 Å². The van der Waals surface area contributed by atoms with Crippen LogP contribution in [0.1, 0.15) is 47.7 Å². The van der Waals surface area contributed by atoms with Crippen LogP contribution in [0.25, 0.3) is 50.7 Å². The van der Waals surface area contributed by atoms with Gasteiger partial charge in [-0.05, 0) is 69.8 Å². The smallest absolute Gasteiger partial charge is 0.160 e. The van der Waals surface area contributed by atoms with E-state index in [-0.39, 0.29) is 11.5 Å². The van der Waals surface area contributed by atoms with Gasteiger partial charge in [-0.25, -0.2) is 15.0 Å². The zero-order valence-electron chi connectivity index (χ0n) is 32.3. The van der Waals surface area contributed by atoms with Crippen LogP contribution in [0.3, 0.4) is 0 Å². The lowest BCUT2D eigenvalue weighted by Crippen LogP contribution is -2.31. The molecule has 1 unspecified atom stereocenters. The Morgan fingerprint density at radius 2 is 1.05 bits per heavy atom. The standard InChI is InChI=1S/C53H40N4S/c1-53(2)43-23-12-13-24-49(43)58-50-30-29-42(32-44(50)53)48-34-46(37-19-10-5-11-20-37)55-52(57-48)39-27-25-38(26-28-39)51-54-45(36-17-8-4-9-18-36)33-47(56-51)41-22-14-21-40(31-41)35-15-6-3-7-16-35/h3-34,47H,1-2H3,(H,54,56). The maximum absolute atomic E-state index is 5.25. The number of aromatic nitrogens is 2. The summed E-state index contributed by atoms with van der Waals surface area (Å²) in [6, 6.07) is 66.1. The second-order valence-electron chi connectivity index (χ2n) is 15.3. The lowest BCUT2D eigenvalue weighted by Gasteiger charge is -2.34. The van der Waals surface area contributed by atoms with Gasteiger partial charge < -0.3 is 5.32 Å². The molecule has 0 aliphatic carbocycles. The molecule has 1 N–H and O–H groups in total. The minimum absolute atomic E-state index is 0.0760. The zero-order valence-corrected chi connectivity index (χ0v) is 33.1. The molecule has 3 heterocycles. The van der Waals surface area contributed by atoms with Gasteiger partial charge in [-0.1, -0.05) is 183 Å². The quantitative estimate of drug-likeness (QED) is 0.176. The Bertz CT molecular complexity index is 2850. The normalized spacial score (nSPS) is 15.3. The van der Waals surface area contributed by atoms with Gasteiger partial charge in [0.2, 0.25) is 0 Å². The van der Waals surface area contributed by atoms with Crippen LogP contribution in [0.15, 0.2) is 209 Å². The van der Waals surface area contributed by atoms with E-state index in [4.69, 9.17) is 15.0 Å². The summed E-state index contributed by atoms with van der Waals surface area (Å²) in [6.45, 7) is 4.65. The number of hydrogen-bond donors (Lipinski definition) is 1.